The molecule has 1 aromatic carbocycles. The first-order valence-corrected chi connectivity index (χ1v) is 10.3. The Morgan fingerprint density at radius 1 is 1.18 bits per heavy atom. The van der Waals surface area contributed by atoms with Gasteiger partial charge in [0, 0.05) is 19.5 Å². The zero-order valence-corrected chi connectivity index (χ0v) is 17.2. The van der Waals surface area contributed by atoms with Crippen molar-refractivity contribution in [3.8, 4) is 0 Å². The lowest BCUT2D eigenvalue weighted by molar-refractivity contribution is -0.137. The van der Waals surface area contributed by atoms with E-state index in [1.54, 1.807) is 0 Å². The summed E-state index contributed by atoms with van der Waals surface area (Å²) in [6.07, 6.45) is -3.49. The Bertz CT molecular complexity index is 790. The van der Waals surface area contributed by atoms with Crippen LogP contribution in [0, 0.1) is 11.8 Å². The third-order valence-electron chi connectivity index (χ3n) is 4.91. The van der Waals surface area contributed by atoms with Crippen LogP contribution < -0.4 is 4.90 Å². The minimum Gasteiger partial charge on any atom is -0.357 e. The van der Waals surface area contributed by atoms with E-state index in [0.29, 0.717) is 16.2 Å². The number of alkyl halides is 3. The highest BCUT2D eigenvalue weighted by Gasteiger charge is 2.42. The molecule has 4 nitrogen and oxygen atoms in total. The predicted octanol–water partition coefficient (Wildman–Crippen LogP) is 4.33. The summed E-state index contributed by atoms with van der Waals surface area (Å²) in [5, 5.41) is -0.706. The van der Waals surface area contributed by atoms with Gasteiger partial charge in [-0.2, -0.15) is 13.2 Å². The molecule has 2 aliphatic heterocycles. The lowest BCUT2D eigenvalue weighted by atomic mass is 9.92. The van der Waals surface area contributed by atoms with Crippen LogP contribution in [0.2, 0.25) is 0 Å². The monoisotopic (exact) mass is 430 g/mol. The van der Waals surface area contributed by atoms with Gasteiger partial charge in [-0.1, -0.05) is 43.9 Å². The molecule has 3 atom stereocenters. The standard InChI is InChI=1S/C19H21F3N2O2S2/c1-11-6-12(2)10-23(9-11)18(27)28-15-8-16(25)24(17(15)26)14-5-3-4-13(7-14)19(20,21)22/h3-5,7,11-12,15H,6,8-10H2,1-2H3/t11-,12+,15-/m0/s1. The number of thiocarbonyl (C=S) groups is 1. The van der Waals surface area contributed by atoms with Gasteiger partial charge in [0.05, 0.1) is 11.3 Å². The number of likely N-dealkylation sites (tertiary alicyclic amines) is 1. The van der Waals surface area contributed by atoms with Crippen molar-refractivity contribution in [2.75, 3.05) is 18.0 Å². The number of halogens is 3. The zero-order chi connectivity index (χ0) is 20.6. The summed E-state index contributed by atoms with van der Waals surface area (Å²) in [6, 6.07) is 4.27. The summed E-state index contributed by atoms with van der Waals surface area (Å²) in [7, 11) is 0. The highest BCUT2D eigenvalue weighted by Crippen LogP contribution is 2.36. The summed E-state index contributed by atoms with van der Waals surface area (Å²) < 4.78 is 39.4. The third-order valence-corrected chi connectivity index (χ3v) is 6.57. The number of carbonyl (C=O) groups excluding carboxylic acids is 2. The normalized spacial score (nSPS) is 26.1. The van der Waals surface area contributed by atoms with Crippen molar-refractivity contribution in [1.82, 2.24) is 4.90 Å². The fraction of sp³-hybridized carbons (Fsp3) is 0.526. The first-order valence-electron chi connectivity index (χ1n) is 9.06. The van der Waals surface area contributed by atoms with Gasteiger partial charge in [0.2, 0.25) is 11.8 Å². The third kappa shape index (κ3) is 4.51. The SMILES string of the molecule is C[C@@H]1C[C@H](C)CN(C(=S)S[C@H]2CC(=O)N(c3cccc(C(F)(F)F)c3)C2=O)C1. The smallest absolute Gasteiger partial charge is 0.357 e. The molecule has 152 valence electrons. The minimum atomic E-state index is -4.54. The number of rotatable bonds is 2. The quantitative estimate of drug-likeness (QED) is 0.516. The average Bonchev–Trinajstić information content (AvgIpc) is 2.87. The number of imide groups is 1. The average molecular weight is 431 g/mol. The molecule has 3 rings (SSSR count). The number of hydrogen-bond donors (Lipinski definition) is 0. The molecule has 0 radical (unpaired) electrons. The second kappa shape index (κ2) is 8.02. The predicted molar refractivity (Wildman–Crippen MR) is 107 cm³/mol. The van der Waals surface area contributed by atoms with Gasteiger partial charge in [0.25, 0.3) is 0 Å². The Balaban J connectivity index is 1.73. The molecule has 28 heavy (non-hydrogen) atoms. The largest absolute Gasteiger partial charge is 0.416 e. The van der Waals surface area contributed by atoms with Crippen LogP contribution in [-0.2, 0) is 15.8 Å². The first-order chi connectivity index (χ1) is 13.1. The molecular formula is C19H21F3N2O2S2. The Labute approximate surface area is 171 Å². The maximum Gasteiger partial charge on any atom is 0.416 e. The highest BCUT2D eigenvalue weighted by molar-refractivity contribution is 8.23. The van der Waals surface area contributed by atoms with Gasteiger partial charge < -0.3 is 4.90 Å². The fourth-order valence-electron chi connectivity index (χ4n) is 3.80. The van der Waals surface area contributed by atoms with Gasteiger partial charge in [-0.15, -0.1) is 0 Å². The molecule has 2 saturated heterocycles. The van der Waals surface area contributed by atoms with Crippen LogP contribution in [0.3, 0.4) is 0 Å². The molecule has 2 aliphatic rings. The summed E-state index contributed by atoms with van der Waals surface area (Å²) >= 11 is 6.65. The van der Waals surface area contributed by atoms with Crippen molar-refractivity contribution >= 4 is 45.8 Å². The van der Waals surface area contributed by atoms with Crippen LogP contribution >= 0.6 is 24.0 Å². The van der Waals surface area contributed by atoms with Crippen LogP contribution in [0.4, 0.5) is 18.9 Å². The van der Waals surface area contributed by atoms with Gasteiger partial charge >= 0.3 is 6.18 Å². The van der Waals surface area contributed by atoms with Crippen LogP contribution in [0.15, 0.2) is 24.3 Å². The molecule has 2 fully saturated rings. The number of thioether (sulfide) groups is 1. The Morgan fingerprint density at radius 3 is 2.43 bits per heavy atom. The Morgan fingerprint density at radius 2 is 1.82 bits per heavy atom. The lowest BCUT2D eigenvalue weighted by Crippen LogP contribution is -2.41. The highest BCUT2D eigenvalue weighted by atomic mass is 32.2. The second-order valence-electron chi connectivity index (χ2n) is 7.54. The number of amides is 2. The van der Waals surface area contributed by atoms with Crippen molar-refractivity contribution in [3.05, 3.63) is 29.8 Å². The molecule has 2 heterocycles. The molecule has 2 amide bonds. The van der Waals surface area contributed by atoms with Gasteiger partial charge in [0.15, 0.2) is 0 Å². The number of carbonyl (C=O) groups is 2. The van der Waals surface area contributed by atoms with Crippen molar-refractivity contribution in [3.63, 3.8) is 0 Å². The van der Waals surface area contributed by atoms with E-state index in [1.165, 1.54) is 12.1 Å². The van der Waals surface area contributed by atoms with E-state index >= 15 is 0 Å². The van der Waals surface area contributed by atoms with Crippen molar-refractivity contribution in [2.45, 2.75) is 38.1 Å². The number of hydrogen-bond acceptors (Lipinski definition) is 4. The molecule has 0 bridgehead atoms. The van der Waals surface area contributed by atoms with Gasteiger partial charge in [-0.25, -0.2) is 4.90 Å². The minimum absolute atomic E-state index is 0.0564. The summed E-state index contributed by atoms with van der Waals surface area (Å²) in [6.45, 7) is 5.91. The zero-order valence-electron chi connectivity index (χ0n) is 15.5. The Kier molecular flexibility index (Phi) is 6.05. The topological polar surface area (TPSA) is 40.6 Å². The van der Waals surface area contributed by atoms with Crippen LogP contribution in [-0.4, -0.2) is 39.4 Å². The van der Waals surface area contributed by atoms with E-state index in [2.05, 4.69) is 18.7 Å². The maximum atomic E-state index is 13.0. The number of benzene rings is 1. The van der Waals surface area contributed by atoms with Crippen LogP contribution in [0.1, 0.15) is 32.3 Å². The molecular weight excluding hydrogens is 409 g/mol. The van der Waals surface area contributed by atoms with E-state index in [1.807, 2.05) is 0 Å². The van der Waals surface area contributed by atoms with Crippen LogP contribution in [0.25, 0.3) is 0 Å². The first kappa shape index (κ1) is 21.1. The summed E-state index contributed by atoms with van der Waals surface area (Å²) in [5.74, 6) is -0.0468. The fourth-order valence-corrected chi connectivity index (χ4v) is 5.27. The second-order valence-corrected chi connectivity index (χ2v) is 9.38. The molecule has 0 spiro atoms. The van der Waals surface area contributed by atoms with Crippen molar-refractivity contribution < 1.29 is 22.8 Å². The maximum absolute atomic E-state index is 13.0. The van der Waals surface area contributed by atoms with E-state index in [0.717, 1.165) is 48.3 Å². The van der Waals surface area contributed by atoms with Crippen LogP contribution in [0.5, 0.6) is 0 Å². The molecule has 0 aliphatic carbocycles. The Hall–Kier alpha value is -1.61. The van der Waals surface area contributed by atoms with E-state index in [-0.39, 0.29) is 12.1 Å². The number of anilines is 1. The molecule has 9 heteroatoms. The molecule has 0 aromatic heterocycles. The van der Waals surface area contributed by atoms with E-state index < -0.39 is 28.8 Å². The number of piperidine rings is 1. The van der Waals surface area contributed by atoms with E-state index in [4.69, 9.17) is 12.2 Å². The molecule has 0 N–H and O–H groups in total. The summed E-state index contributed by atoms with van der Waals surface area (Å²) in [5.41, 5.74) is -0.951. The van der Waals surface area contributed by atoms with E-state index in [9.17, 15) is 22.8 Å². The number of nitrogens with zero attached hydrogens (tertiary/aromatic N) is 2. The lowest BCUT2D eigenvalue weighted by Gasteiger charge is -2.36. The molecule has 0 unspecified atom stereocenters. The van der Waals surface area contributed by atoms with Gasteiger partial charge in [-0.05, 0) is 36.5 Å². The molecule has 0 saturated carbocycles. The summed E-state index contributed by atoms with van der Waals surface area (Å²) in [4.78, 5) is 28.0. The van der Waals surface area contributed by atoms with Gasteiger partial charge in [-0.3, -0.25) is 9.59 Å². The van der Waals surface area contributed by atoms with Gasteiger partial charge in [0.1, 0.15) is 9.57 Å². The van der Waals surface area contributed by atoms with Crippen molar-refractivity contribution in [2.24, 2.45) is 11.8 Å². The van der Waals surface area contributed by atoms with Crippen molar-refractivity contribution in [1.29, 1.82) is 0 Å². The molecule has 1 aromatic rings.